The molecule has 1 aromatic rings. The summed E-state index contributed by atoms with van der Waals surface area (Å²) in [5, 5.41) is 14.3. The zero-order valence-electron chi connectivity index (χ0n) is 16.5. The molecular formula is C16H32N2O4Si3. The third-order valence-corrected chi connectivity index (χ3v) is 12.9. The molecule has 1 aromatic carbocycles. The number of rotatable bonds is 10. The minimum Gasteiger partial charge on any atom is -0.437 e. The molecule has 0 aliphatic heterocycles. The van der Waals surface area contributed by atoms with Gasteiger partial charge in [-0.15, -0.1) is 0 Å². The van der Waals surface area contributed by atoms with E-state index in [0.29, 0.717) is 12.2 Å². The SMILES string of the molecule is C[Si](C)(C)O[Si](C)(CCCNc1ccccc1[N+](=O)[O-])O[Si](C)(C)C. The highest BCUT2D eigenvalue weighted by Gasteiger charge is 2.39. The predicted molar refractivity (Wildman–Crippen MR) is 111 cm³/mol. The van der Waals surface area contributed by atoms with Crippen LogP contribution in [0, 0.1) is 10.1 Å². The molecule has 6 nitrogen and oxygen atoms in total. The molecule has 0 aliphatic carbocycles. The van der Waals surface area contributed by atoms with E-state index in [1.165, 1.54) is 6.07 Å². The van der Waals surface area contributed by atoms with Crippen LogP contribution in [0.1, 0.15) is 6.42 Å². The van der Waals surface area contributed by atoms with Crippen LogP contribution in [0.3, 0.4) is 0 Å². The maximum absolute atomic E-state index is 11.1. The molecule has 0 unspecified atom stereocenters. The van der Waals surface area contributed by atoms with E-state index < -0.39 is 25.2 Å². The Labute approximate surface area is 154 Å². The zero-order chi connectivity index (χ0) is 19.3. The smallest absolute Gasteiger partial charge is 0.314 e. The van der Waals surface area contributed by atoms with Crippen molar-refractivity contribution in [2.75, 3.05) is 11.9 Å². The zero-order valence-corrected chi connectivity index (χ0v) is 19.5. The first-order chi connectivity index (χ1) is 11.3. The molecule has 0 atom stereocenters. The predicted octanol–water partition coefficient (Wildman–Crippen LogP) is 5.17. The highest BCUT2D eigenvalue weighted by Crippen LogP contribution is 2.26. The summed E-state index contributed by atoms with van der Waals surface area (Å²) in [6.07, 6.45) is 0.865. The molecule has 0 amide bonds. The van der Waals surface area contributed by atoms with Crippen LogP contribution in [0.2, 0.25) is 51.9 Å². The number of anilines is 1. The minimum absolute atomic E-state index is 0.110. The van der Waals surface area contributed by atoms with Crippen LogP contribution in [0.5, 0.6) is 0 Å². The highest BCUT2D eigenvalue weighted by molar-refractivity contribution is 6.87. The third kappa shape index (κ3) is 8.77. The van der Waals surface area contributed by atoms with Crippen LogP contribution in [0.4, 0.5) is 11.4 Å². The van der Waals surface area contributed by atoms with Gasteiger partial charge in [-0.1, -0.05) is 12.1 Å². The van der Waals surface area contributed by atoms with E-state index in [0.717, 1.165) is 12.5 Å². The van der Waals surface area contributed by atoms with Crippen molar-refractivity contribution < 1.29 is 13.2 Å². The monoisotopic (exact) mass is 400 g/mol. The van der Waals surface area contributed by atoms with Gasteiger partial charge in [0.1, 0.15) is 5.69 Å². The first kappa shape index (κ1) is 22.0. The van der Waals surface area contributed by atoms with E-state index in [9.17, 15) is 10.1 Å². The summed E-state index contributed by atoms with van der Waals surface area (Å²) < 4.78 is 12.9. The molecule has 0 heterocycles. The van der Waals surface area contributed by atoms with E-state index in [1.54, 1.807) is 18.2 Å². The number of nitro groups is 1. The Morgan fingerprint density at radius 2 is 1.52 bits per heavy atom. The lowest BCUT2D eigenvalue weighted by Gasteiger charge is -2.38. The average molecular weight is 401 g/mol. The van der Waals surface area contributed by atoms with E-state index in [2.05, 4.69) is 51.1 Å². The van der Waals surface area contributed by atoms with Gasteiger partial charge < -0.3 is 13.5 Å². The molecule has 0 fully saturated rings. The number of nitrogens with one attached hydrogen (secondary N) is 1. The summed E-state index contributed by atoms with van der Waals surface area (Å²) in [6.45, 7) is 16.0. The van der Waals surface area contributed by atoms with Crippen LogP contribution in [-0.4, -0.2) is 36.7 Å². The fraction of sp³-hybridized carbons (Fsp3) is 0.625. The number of benzene rings is 1. The second kappa shape index (κ2) is 8.58. The molecule has 0 aromatic heterocycles. The number of hydrogen-bond donors (Lipinski definition) is 1. The van der Waals surface area contributed by atoms with Crippen molar-refractivity contribution >= 4 is 36.6 Å². The van der Waals surface area contributed by atoms with Gasteiger partial charge in [-0.05, 0) is 64.4 Å². The second-order valence-electron chi connectivity index (χ2n) is 8.37. The normalized spacial score (nSPS) is 12.9. The average Bonchev–Trinajstić information content (AvgIpc) is 2.39. The van der Waals surface area contributed by atoms with Gasteiger partial charge in [-0.3, -0.25) is 10.1 Å². The van der Waals surface area contributed by atoms with Gasteiger partial charge in [0, 0.05) is 12.6 Å². The van der Waals surface area contributed by atoms with Gasteiger partial charge in [0.05, 0.1) is 4.92 Å². The van der Waals surface area contributed by atoms with E-state index in [4.69, 9.17) is 8.23 Å². The molecule has 9 heteroatoms. The molecular weight excluding hydrogens is 368 g/mol. The maximum Gasteiger partial charge on any atom is 0.314 e. The van der Waals surface area contributed by atoms with E-state index >= 15 is 0 Å². The van der Waals surface area contributed by atoms with Crippen LogP contribution in [0.15, 0.2) is 24.3 Å². The number of hydrogen-bond acceptors (Lipinski definition) is 5. The summed E-state index contributed by atoms with van der Waals surface area (Å²) in [7, 11) is -5.63. The first-order valence-corrected chi connectivity index (χ1v) is 18.0. The Morgan fingerprint density at radius 3 is 2.00 bits per heavy atom. The number of nitro benzene ring substituents is 1. The van der Waals surface area contributed by atoms with Gasteiger partial charge in [-0.2, -0.15) is 0 Å². The quantitative estimate of drug-likeness (QED) is 0.254. The van der Waals surface area contributed by atoms with Gasteiger partial charge in [0.15, 0.2) is 16.6 Å². The molecule has 0 aliphatic rings. The molecule has 25 heavy (non-hydrogen) atoms. The lowest BCUT2D eigenvalue weighted by Crippen LogP contribution is -2.52. The summed E-state index contributed by atoms with van der Waals surface area (Å²) in [5.41, 5.74) is 0.673. The molecule has 0 spiro atoms. The molecule has 0 saturated heterocycles. The van der Waals surface area contributed by atoms with Gasteiger partial charge >= 0.3 is 8.56 Å². The molecule has 1 N–H and O–H groups in total. The van der Waals surface area contributed by atoms with Crippen molar-refractivity contribution in [2.45, 2.75) is 58.3 Å². The van der Waals surface area contributed by atoms with Gasteiger partial charge in [0.2, 0.25) is 0 Å². The maximum atomic E-state index is 11.1. The van der Waals surface area contributed by atoms with E-state index in [1.807, 2.05) is 0 Å². The topological polar surface area (TPSA) is 73.6 Å². The van der Waals surface area contributed by atoms with Crippen molar-refractivity contribution in [2.24, 2.45) is 0 Å². The summed E-state index contributed by atoms with van der Waals surface area (Å²) in [6, 6.07) is 7.62. The molecule has 1 rings (SSSR count). The molecule has 0 saturated carbocycles. The standard InChI is InChI=1S/C16H32N2O4Si3/c1-23(2,3)21-25(7,22-24(4,5)6)14-10-13-17-15-11-8-9-12-16(15)18(19)20/h8-9,11-12,17H,10,13-14H2,1-7H3. The van der Waals surface area contributed by atoms with Crippen molar-refractivity contribution in [1.82, 2.24) is 0 Å². The van der Waals surface area contributed by atoms with Crippen LogP contribution >= 0.6 is 0 Å². The summed E-state index contributed by atoms with van der Waals surface area (Å²) >= 11 is 0. The first-order valence-electron chi connectivity index (χ1n) is 8.69. The van der Waals surface area contributed by atoms with Gasteiger partial charge in [0.25, 0.3) is 5.69 Å². The Morgan fingerprint density at radius 1 is 1.00 bits per heavy atom. The van der Waals surface area contributed by atoms with Crippen molar-refractivity contribution in [3.63, 3.8) is 0 Å². The number of para-hydroxylation sites is 2. The highest BCUT2D eigenvalue weighted by atomic mass is 28.5. The van der Waals surface area contributed by atoms with Crippen LogP contribution in [-0.2, 0) is 8.23 Å². The van der Waals surface area contributed by atoms with Gasteiger partial charge in [-0.25, -0.2) is 0 Å². The third-order valence-electron chi connectivity index (χ3n) is 3.27. The molecule has 0 bridgehead atoms. The van der Waals surface area contributed by atoms with Crippen molar-refractivity contribution in [1.29, 1.82) is 0 Å². The van der Waals surface area contributed by atoms with Crippen molar-refractivity contribution in [3.8, 4) is 0 Å². The molecule has 0 radical (unpaired) electrons. The fourth-order valence-electron chi connectivity index (χ4n) is 2.83. The largest absolute Gasteiger partial charge is 0.437 e. The lowest BCUT2D eigenvalue weighted by molar-refractivity contribution is -0.384. The fourth-order valence-corrected chi connectivity index (χ4v) is 15.4. The number of nitrogens with zero attached hydrogens (tertiary/aromatic N) is 1. The summed E-state index contributed by atoms with van der Waals surface area (Å²) in [4.78, 5) is 10.7. The Hall–Kier alpha value is -1.01. The molecule has 142 valence electrons. The van der Waals surface area contributed by atoms with Crippen LogP contribution < -0.4 is 5.32 Å². The van der Waals surface area contributed by atoms with Crippen LogP contribution in [0.25, 0.3) is 0 Å². The Kier molecular flexibility index (Phi) is 7.56. The minimum atomic E-state index is -2.24. The summed E-state index contributed by atoms with van der Waals surface area (Å²) in [5.74, 6) is 0. The Balaban J connectivity index is 2.67. The van der Waals surface area contributed by atoms with E-state index in [-0.39, 0.29) is 10.6 Å². The second-order valence-corrected chi connectivity index (χ2v) is 21.2. The Bertz CT molecular complexity index is 569. The lowest BCUT2D eigenvalue weighted by atomic mass is 10.2. The van der Waals surface area contributed by atoms with Crippen molar-refractivity contribution in [3.05, 3.63) is 34.4 Å².